The summed E-state index contributed by atoms with van der Waals surface area (Å²) in [5, 5.41) is 3.13. The van der Waals surface area contributed by atoms with E-state index < -0.39 is 0 Å². The number of hydrogen-bond donors (Lipinski definition) is 3. The predicted molar refractivity (Wildman–Crippen MR) is 54.6 cm³/mol. The molecular formula is C11H17N3O. The van der Waals surface area contributed by atoms with E-state index >= 15 is 0 Å². The van der Waals surface area contributed by atoms with E-state index in [4.69, 9.17) is 5.84 Å². The van der Waals surface area contributed by atoms with Crippen LogP contribution in [0.15, 0.2) is 0 Å². The summed E-state index contributed by atoms with van der Waals surface area (Å²) in [6, 6.07) is -0.196. The molecule has 1 spiro atoms. The SMILES string of the molecule is NNC(=O)NC12CC3CC4CC(C3)C41C2. The molecule has 4 nitrogen and oxygen atoms in total. The van der Waals surface area contributed by atoms with Crippen molar-refractivity contribution >= 4 is 6.03 Å². The van der Waals surface area contributed by atoms with Crippen molar-refractivity contribution in [1.82, 2.24) is 10.7 Å². The van der Waals surface area contributed by atoms with Crippen LogP contribution in [0.25, 0.3) is 0 Å². The van der Waals surface area contributed by atoms with Gasteiger partial charge in [-0.3, -0.25) is 5.43 Å². The molecule has 6 aliphatic carbocycles. The minimum Gasteiger partial charge on any atom is -0.331 e. The average Bonchev–Trinajstić information content (AvgIpc) is 2.91. The van der Waals surface area contributed by atoms with Crippen LogP contribution in [0, 0.1) is 23.2 Å². The molecule has 4 bridgehead atoms. The maximum Gasteiger partial charge on any atom is 0.329 e. The van der Waals surface area contributed by atoms with E-state index in [1.165, 1.54) is 32.1 Å². The molecule has 0 aromatic heterocycles. The van der Waals surface area contributed by atoms with Crippen LogP contribution in [-0.2, 0) is 0 Å². The lowest BCUT2D eigenvalue weighted by molar-refractivity contribution is -0.101. The van der Waals surface area contributed by atoms with Crippen LogP contribution < -0.4 is 16.6 Å². The fourth-order valence-corrected chi connectivity index (χ4v) is 5.36. The Labute approximate surface area is 88.9 Å². The second kappa shape index (κ2) is 2.17. The van der Waals surface area contributed by atoms with E-state index in [0.29, 0.717) is 5.41 Å². The first-order chi connectivity index (χ1) is 7.20. The number of nitrogens with two attached hydrogens (primary N) is 1. The molecule has 6 fully saturated rings. The minimum absolute atomic E-state index is 0.144. The Morgan fingerprint density at radius 2 is 2.00 bits per heavy atom. The molecule has 0 aromatic carbocycles. The Bertz CT molecular complexity index is 344. The van der Waals surface area contributed by atoms with Gasteiger partial charge in [-0.05, 0) is 49.9 Å². The summed E-state index contributed by atoms with van der Waals surface area (Å²) >= 11 is 0. The minimum atomic E-state index is -0.196. The molecule has 3 unspecified atom stereocenters. The van der Waals surface area contributed by atoms with Crippen LogP contribution in [-0.4, -0.2) is 11.6 Å². The molecule has 2 amide bonds. The van der Waals surface area contributed by atoms with Gasteiger partial charge in [-0.1, -0.05) is 0 Å². The van der Waals surface area contributed by atoms with Gasteiger partial charge in [0, 0.05) is 11.0 Å². The number of carbonyl (C=O) groups excluding carboxylic acids is 1. The summed E-state index contributed by atoms with van der Waals surface area (Å²) in [5.41, 5.74) is 2.85. The predicted octanol–water partition coefficient (Wildman–Crippen LogP) is 0.738. The zero-order valence-corrected chi connectivity index (χ0v) is 8.75. The van der Waals surface area contributed by atoms with Crippen LogP contribution in [0.4, 0.5) is 4.79 Å². The number of carbonyl (C=O) groups is 1. The van der Waals surface area contributed by atoms with Gasteiger partial charge in [-0.2, -0.15) is 0 Å². The molecule has 0 heterocycles. The summed E-state index contributed by atoms with van der Waals surface area (Å²) in [4.78, 5) is 11.4. The van der Waals surface area contributed by atoms with Crippen LogP contribution in [0.5, 0.6) is 0 Å². The van der Waals surface area contributed by atoms with Gasteiger partial charge in [0.1, 0.15) is 0 Å². The fourth-order valence-electron chi connectivity index (χ4n) is 5.36. The molecule has 4 N–H and O–H groups in total. The van der Waals surface area contributed by atoms with Crippen LogP contribution in [0.2, 0.25) is 0 Å². The molecule has 0 aliphatic heterocycles. The Morgan fingerprint density at radius 3 is 2.67 bits per heavy atom. The third-order valence-corrected chi connectivity index (χ3v) is 5.74. The molecule has 0 saturated heterocycles. The normalized spacial score (nSPS) is 57.8. The van der Waals surface area contributed by atoms with Crippen molar-refractivity contribution < 1.29 is 4.79 Å². The molecule has 0 radical (unpaired) electrons. The third kappa shape index (κ3) is 0.717. The zero-order valence-electron chi connectivity index (χ0n) is 8.75. The van der Waals surface area contributed by atoms with E-state index in [9.17, 15) is 4.79 Å². The van der Waals surface area contributed by atoms with Gasteiger partial charge in [0.15, 0.2) is 0 Å². The molecule has 6 aliphatic rings. The van der Waals surface area contributed by atoms with E-state index in [1.807, 2.05) is 0 Å². The van der Waals surface area contributed by atoms with Crippen LogP contribution in [0.3, 0.4) is 0 Å². The van der Waals surface area contributed by atoms with Gasteiger partial charge >= 0.3 is 6.03 Å². The zero-order chi connectivity index (χ0) is 10.3. The van der Waals surface area contributed by atoms with Crippen molar-refractivity contribution in [2.45, 2.75) is 37.6 Å². The van der Waals surface area contributed by atoms with Crippen LogP contribution >= 0.6 is 0 Å². The lowest BCUT2D eigenvalue weighted by Crippen LogP contribution is -2.61. The molecule has 6 rings (SSSR count). The smallest absolute Gasteiger partial charge is 0.329 e. The number of nitrogens with one attached hydrogen (secondary N) is 2. The molecule has 3 atom stereocenters. The number of amides is 2. The lowest BCUT2D eigenvalue weighted by Gasteiger charge is -2.60. The van der Waals surface area contributed by atoms with Crippen molar-refractivity contribution in [2.75, 3.05) is 0 Å². The third-order valence-electron chi connectivity index (χ3n) is 5.74. The van der Waals surface area contributed by atoms with Gasteiger partial charge in [0.05, 0.1) is 0 Å². The number of hydrazine groups is 1. The van der Waals surface area contributed by atoms with Crippen molar-refractivity contribution in [3.8, 4) is 0 Å². The molecule has 15 heavy (non-hydrogen) atoms. The first-order valence-electron chi connectivity index (χ1n) is 5.99. The van der Waals surface area contributed by atoms with Crippen LogP contribution in [0.1, 0.15) is 32.1 Å². The van der Waals surface area contributed by atoms with Crippen molar-refractivity contribution in [3.05, 3.63) is 0 Å². The molecule has 6 saturated carbocycles. The van der Waals surface area contributed by atoms with E-state index in [-0.39, 0.29) is 11.6 Å². The second-order valence-electron chi connectivity index (χ2n) is 6.07. The average molecular weight is 207 g/mol. The van der Waals surface area contributed by atoms with E-state index in [1.54, 1.807) is 0 Å². The van der Waals surface area contributed by atoms with Gasteiger partial charge in [-0.25, -0.2) is 10.6 Å². The van der Waals surface area contributed by atoms with E-state index in [0.717, 1.165) is 17.8 Å². The summed E-state index contributed by atoms with van der Waals surface area (Å²) < 4.78 is 0. The quantitative estimate of drug-likeness (QED) is 0.337. The highest BCUT2D eigenvalue weighted by Crippen LogP contribution is 2.83. The van der Waals surface area contributed by atoms with Crippen molar-refractivity contribution in [1.29, 1.82) is 0 Å². The lowest BCUT2D eigenvalue weighted by atomic mass is 9.45. The van der Waals surface area contributed by atoms with Gasteiger partial charge < -0.3 is 5.32 Å². The van der Waals surface area contributed by atoms with Gasteiger partial charge in [0.25, 0.3) is 0 Å². The number of urea groups is 1. The summed E-state index contributed by atoms with van der Waals surface area (Å²) in [7, 11) is 0. The molecule has 0 aromatic rings. The summed E-state index contributed by atoms with van der Waals surface area (Å²) in [5.74, 6) is 7.84. The summed E-state index contributed by atoms with van der Waals surface area (Å²) in [6.45, 7) is 0. The first-order valence-corrected chi connectivity index (χ1v) is 5.99. The fraction of sp³-hybridized carbons (Fsp3) is 0.909. The van der Waals surface area contributed by atoms with E-state index in [2.05, 4.69) is 10.7 Å². The van der Waals surface area contributed by atoms with Crippen molar-refractivity contribution in [3.63, 3.8) is 0 Å². The Hall–Kier alpha value is -0.770. The highest BCUT2D eigenvalue weighted by molar-refractivity contribution is 5.75. The Balaban J connectivity index is 1.64. The standard InChI is InChI=1S/C11H17N3O/c12-14-9(15)13-10-4-6-1-7-3-8(2-6)11(7,10)5-10/h6-8H,1-5,12H2,(H2,13,14,15). The Kier molecular flexibility index (Phi) is 1.21. The number of rotatable bonds is 1. The Morgan fingerprint density at radius 1 is 1.27 bits per heavy atom. The largest absolute Gasteiger partial charge is 0.331 e. The first kappa shape index (κ1) is 8.39. The maximum absolute atomic E-state index is 11.4. The van der Waals surface area contributed by atoms with Crippen molar-refractivity contribution in [2.24, 2.45) is 29.0 Å². The topological polar surface area (TPSA) is 67.1 Å². The molecular weight excluding hydrogens is 190 g/mol. The van der Waals surface area contributed by atoms with Gasteiger partial charge in [-0.15, -0.1) is 0 Å². The van der Waals surface area contributed by atoms with Gasteiger partial charge in [0.2, 0.25) is 0 Å². The number of hydrogen-bond acceptors (Lipinski definition) is 2. The second-order valence-corrected chi connectivity index (χ2v) is 6.07. The molecule has 4 heteroatoms. The maximum atomic E-state index is 11.4. The highest BCUT2D eigenvalue weighted by atomic mass is 16.2. The monoisotopic (exact) mass is 207 g/mol. The molecule has 82 valence electrons. The highest BCUT2D eigenvalue weighted by Gasteiger charge is 2.83. The summed E-state index contributed by atoms with van der Waals surface area (Å²) in [6.07, 6.45) is 6.69.